The SMILES string of the molecule is O=C(CCNS(=O)(=O)/C=C/c1ccccc1)Nc1ccccc1OCC(F)(F)F. The van der Waals surface area contributed by atoms with E-state index in [-0.39, 0.29) is 24.4 Å². The van der Waals surface area contributed by atoms with Crippen LogP contribution in [0.1, 0.15) is 12.0 Å². The number of hydrogen-bond acceptors (Lipinski definition) is 4. The molecule has 0 aromatic heterocycles. The van der Waals surface area contributed by atoms with Gasteiger partial charge in [0.25, 0.3) is 0 Å². The highest BCUT2D eigenvalue weighted by atomic mass is 32.2. The van der Waals surface area contributed by atoms with Crippen LogP contribution < -0.4 is 14.8 Å². The molecule has 2 aromatic carbocycles. The van der Waals surface area contributed by atoms with Gasteiger partial charge in [-0.3, -0.25) is 4.79 Å². The molecule has 6 nitrogen and oxygen atoms in total. The lowest BCUT2D eigenvalue weighted by Crippen LogP contribution is -2.26. The second-order valence-corrected chi connectivity index (χ2v) is 7.50. The van der Waals surface area contributed by atoms with Gasteiger partial charge in [-0.2, -0.15) is 13.2 Å². The highest BCUT2D eigenvalue weighted by Crippen LogP contribution is 2.26. The summed E-state index contributed by atoms with van der Waals surface area (Å²) in [6.07, 6.45) is -3.31. The van der Waals surface area contributed by atoms with E-state index in [0.717, 1.165) is 5.41 Å². The number of anilines is 1. The minimum Gasteiger partial charge on any atom is -0.482 e. The first kappa shape index (κ1) is 22.4. The number of sulfonamides is 1. The summed E-state index contributed by atoms with van der Waals surface area (Å²) in [4.78, 5) is 12.0. The minimum atomic E-state index is -4.51. The molecule has 0 aliphatic heterocycles. The molecular weight excluding hydrogens is 409 g/mol. The molecule has 0 aliphatic rings. The van der Waals surface area contributed by atoms with Gasteiger partial charge in [0.15, 0.2) is 6.61 Å². The van der Waals surface area contributed by atoms with Crippen molar-refractivity contribution in [3.05, 3.63) is 65.6 Å². The number of alkyl halides is 3. The molecule has 0 heterocycles. The van der Waals surface area contributed by atoms with Crippen LogP contribution in [-0.2, 0) is 14.8 Å². The first-order chi connectivity index (χ1) is 13.6. The van der Waals surface area contributed by atoms with Crippen LogP contribution in [0.2, 0.25) is 0 Å². The summed E-state index contributed by atoms with van der Waals surface area (Å²) in [6, 6.07) is 14.5. The Hall–Kier alpha value is -2.85. The molecule has 0 spiro atoms. The Morgan fingerprint density at radius 3 is 2.38 bits per heavy atom. The van der Waals surface area contributed by atoms with Crippen molar-refractivity contribution in [1.29, 1.82) is 0 Å². The quantitative estimate of drug-likeness (QED) is 0.640. The molecule has 0 radical (unpaired) electrons. The Morgan fingerprint density at radius 1 is 1.03 bits per heavy atom. The third kappa shape index (κ3) is 8.79. The van der Waals surface area contributed by atoms with Gasteiger partial charge in [-0.1, -0.05) is 42.5 Å². The van der Waals surface area contributed by atoms with Crippen LogP contribution in [0, 0.1) is 0 Å². The molecule has 156 valence electrons. The number of para-hydroxylation sites is 2. The standard InChI is InChI=1S/C19H19F3N2O4S/c20-19(21,22)14-28-17-9-5-4-8-16(17)24-18(25)10-12-23-29(26,27)13-11-15-6-2-1-3-7-15/h1-9,11,13,23H,10,12,14H2,(H,24,25)/b13-11+. The number of ether oxygens (including phenoxy) is 1. The van der Waals surface area contributed by atoms with E-state index in [1.165, 1.54) is 30.3 Å². The Balaban J connectivity index is 1.85. The van der Waals surface area contributed by atoms with Crippen molar-refractivity contribution in [1.82, 2.24) is 4.72 Å². The third-order valence-electron chi connectivity index (χ3n) is 3.45. The van der Waals surface area contributed by atoms with Crippen molar-refractivity contribution in [2.24, 2.45) is 0 Å². The fourth-order valence-electron chi connectivity index (χ4n) is 2.16. The van der Waals surface area contributed by atoms with Crippen LogP contribution in [0.3, 0.4) is 0 Å². The van der Waals surface area contributed by atoms with E-state index in [2.05, 4.69) is 14.8 Å². The van der Waals surface area contributed by atoms with Crippen LogP contribution in [-0.4, -0.2) is 33.7 Å². The van der Waals surface area contributed by atoms with E-state index < -0.39 is 28.7 Å². The lowest BCUT2D eigenvalue weighted by atomic mass is 10.2. The number of nitrogens with one attached hydrogen (secondary N) is 2. The summed E-state index contributed by atoms with van der Waals surface area (Å²) in [7, 11) is -3.74. The fraction of sp³-hybridized carbons (Fsp3) is 0.211. The third-order valence-corrected chi connectivity index (χ3v) is 4.55. The van der Waals surface area contributed by atoms with E-state index in [1.54, 1.807) is 30.3 Å². The number of carbonyl (C=O) groups excluding carboxylic acids is 1. The average Bonchev–Trinajstić information content (AvgIpc) is 2.66. The molecule has 0 saturated heterocycles. The van der Waals surface area contributed by atoms with Crippen molar-refractivity contribution in [2.75, 3.05) is 18.5 Å². The number of halogens is 3. The second kappa shape index (κ2) is 10.1. The van der Waals surface area contributed by atoms with Gasteiger partial charge in [0.05, 0.1) is 5.69 Å². The molecular formula is C19H19F3N2O4S. The molecule has 2 rings (SSSR count). The lowest BCUT2D eigenvalue weighted by Gasteiger charge is -2.13. The van der Waals surface area contributed by atoms with Gasteiger partial charge in [-0.25, -0.2) is 13.1 Å². The van der Waals surface area contributed by atoms with E-state index in [4.69, 9.17) is 0 Å². The lowest BCUT2D eigenvalue weighted by molar-refractivity contribution is -0.153. The number of amides is 1. The van der Waals surface area contributed by atoms with Crippen molar-refractivity contribution >= 4 is 27.7 Å². The first-order valence-corrected chi connectivity index (χ1v) is 10.0. The van der Waals surface area contributed by atoms with E-state index in [1.807, 2.05) is 0 Å². The molecule has 10 heteroatoms. The highest BCUT2D eigenvalue weighted by Gasteiger charge is 2.28. The second-order valence-electron chi connectivity index (χ2n) is 5.85. The van der Waals surface area contributed by atoms with E-state index in [0.29, 0.717) is 5.56 Å². The molecule has 0 aliphatic carbocycles. The molecule has 0 saturated carbocycles. The maximum absolute atomic E-state index is 12.3. The molecule has 2 aromatic rings. The monoisotopic (exact) mass is 428 g/mol. The smallest absolute Gasteiger partial charge is 0.422 e. The topological polar surface area (TPSA) is 84.5 Å². The van der Waals surface area contributed by atoms with Crippen molar-refractivity contribution in [3.63, 3.8) is 0 Å². The van der Waals surface area contributed by atoms with Gasteiger partial charge in [0.2, 0.25) is 15.9 Å². The maximum Gasteiger partial charge on any atom is 0.422 e. The van der Waals surface area contributed by atoms with Crippen molar-refractivity contribution in [2.45, 2.75) is 12.6 Å². The van der Waals surface area contributed by atoms with Crippen LogP contribution in [0.5, 0.6) is 5.75 Å². The van der Waals surface area contributed by atoms with Gasteiger partial charge in [-0.05, 0) is 23.8 Å². The van der Waals surface area contributed by atoms with Gasteiger partial charge < -0.3 is 10.1 Å². The van der Waals surface area contributed by atoms with Gasteiger partial charge in [0, 0.05) is 18.4 Å². The van der Waals surface area contributed by atoms with Crippen LogP contribution in [0.15, 0.2) is 60.0 Å². The maximum atomic E-state index is 12.3. The zero-order valence-corrected chi connectivity index (χ0v) is 16.0. The van der Waals surface area contributed by atoms with E-state index in [9.17, 15) is 26.4 Å². The Morgan fingerprint density at radius 2 is 1.69 bits per heavy atom. The largest absolute Gasteiger partial charge is 0.482 e. The fourth-order valence-corrected chi connectivity index (χ4v) is 2.97. The molecule has 29 heavy (non-hydrogen) atoms. The zero-order chi connectivity index (χ0) is 21.3. The zero-order valence-electron chi connectivity index (χ0n) is 15.1. The van der Waals surface area contributed by atoms with Crippen molar-refractivity contribution in [3.8, 4) is 5.75 Å². The molecule has 1 amide bonds. The summed E-state index contributed by atoms with van der Waals surface area (Å²) < 4.78 is 67.7. The molecule has 0 fully saturated rings. The van der Waals surface area contributed by atoms with Crippen LogP contribution >= 0.6 is 0 Å². The Labute approximate surface area is 166 Å². The summed E-state index contributed by atoms with van der Waals surface area (Å²) in [5, 5.41) is 3.39. The summed E-state index contributed by atoms with van der Waals surface area (Å²) >= 11 is 0. The summed E-state index contributed by atoms with van der Waals surface area (Å²) in [6.45, 7) is -1.67. The van der Waals surface area contributed by atoms with Crippen LogP contribution in [0.25, 0.3) is 6.08 Å². The van der Waals surface area contributed by atoms with Crippen molar-refractivity contribution < 1.29 is 31.1 Å². The molecule has 0 bridgehead atoms. The molecule has 2 N–H and O–H groups in total. The van der Waals surface area contributed by atoms with Gasteiger partial charge in [0.1, 0.15) is 5.75 Å². The number of carbonyl (C=O) groups is 1. The predicted molar refractivity (Wildman–Crippen MR) is 104 cm³/mol. The van der Waals surface area contributed by atoms with Gasteiger partial charge >= 0.3 is 6.18 Å². The van der Waals surface area contributed by atoms with Gasteiger partial charge in [-0.15, -0.1) is 0 Å². The number of hydrogen-bond donors (Lipinski definition) is 2. The first-order valence-electron chi connectivity index (χ1n) is 8.46. The average molecular weight is 428 g/mol. The molecule has 0 atom stereocenters. The molecule has 0 unspecified atom stereocenters. The van der Waals surface area contributed by atoms with Crippen LogP contribution in [0.4, 0.5) is 18.9 Å². The Kier molecular flexibility index (Phi) is 7.80. The highest BCUT2D eigenvalue weighted by molar-refractivity contribution is 7.92. The normalized spacial score (nSPS) is 12.1. The predicted octanol–water partition coefficient (Wildman–Crippen LogP) is 3.55. The summed E-state index contributed by atoms with van der Waals surface area (Å²) in [5.41, 5.74) is 0.764. The number of benzene rings is 2. The minimum absolute atomic E-state index is 0.0635. The summed E-state index contributed by atoms with van der Waals surface area (Å²) in [5.74, 6) is -0.715. The number of rotatable bonds is 9. The Bertz CT molecular complexity index is 945. The van der Waals surface area contributed by atoms with E-state index >= 15 is 0 Å².